The number of hydrogen-bond acceptors (Lipinski definition) is 0. The van der Waals surface area contributed by atoms with Gasteiger partial charge in [0.05, 0.1) is 0 Å². The maximum atomic E-state index is 3.32. The van der Waals surface area contributed by atoms with Crippen molar-refractivity contribution in [3.05, 3.63) is 54.2 Å². The first-order valence-electron chi connectivity index (χ1n) is 4.40. The van der Waals surface area contributed by atoms with E-state index in [9.17, 15) is 0 Å². The minimum atomic E-state index is 1.17. The van der Waals surface area contributed by atoms with Crippen LogP contribution in [0.15, 0.2) is 48.5 Å². The standard InChI is InChI=1S/C12H11N/c1-10-6-5-9-12(13-10)11-7-3-2-4-8-11/h2-9H,1H3/p+1. The van der Waals surface area contributed by atoms with Crippen molar-refractivity contribution in [3.63, 3.8) is 0 Å². The highest BCUT2D eigenvalue weighted by Crippen LogP contribution is 2.12. The van der Waals surface area contributed by atoms with E-state index < -0.39 is 0 Å². The molecule has 0 bridgehead atoms. The zero-order valence-corrected chi connectivity index (χ0v) is 7.62. The minimum absolute atomic E-state index is 1.17. The van der Waals surface area contributed by atoms with Gasteiger partial charge in [-0.15, -0.1) is 0 Å². The molecule has 1 heterocycles. The summed E-state index contributed by atoms with van der Waals surface area (Å²) in [5.41, 5.74) is 3.58. The molecule has 0 aliphatic heterocycles. The predicted molar refractivity (Wildman–Crippen MR) is 53.2 cm³/mol. The van der Waals surface area contributed by atoms with Crippen molar-refractivity contribution in [1.82, 2.24) is 0 Å². The second kappa shape index (κ2) is 3.40. The average Bonchev–Trinajstić information content (AvgIpc) is 2.19. The van der Waals surface area contributed by atoms with Crippen molar-refractivity contribution in [1.29, 1.82) is 0 Å². The number of hydrogen-bond donors (Lipinski definition) is 0. The summed E-state index contributed by atoms with van der Waals surface area (Å²) in [4.78, 5) is 3.32. The highest BCUT2D eigenvalue weighted by atomic mass is 14.7. The van der Waals surface area contributed by atoms with E-state index in [1.54, 1.807) is 0 Å². The molecule has 0 radical (unpaired) electrons. The van der Waals surface area contributed by atoms with Gasteiger partial charge in [-0.3, -0.25) is 0 Å². The average molecular weight is 170 g/mol. The highest BCUT2D eigenvalue weighted by Gasteiger charge is 2.03. The van der Waals surface area contributed by atoms with Crippen molar-refractivity contribution < 1.29 is 4.98 Å². The molecular formula is C12H12N+. The molecule has 0 atom stereocenters. The number of rotatable bonds is 1. The summed E-state index contributed by atoms with van der Waals surface area (Å²) >= 11 is 0. The Kier molecular flexibility index (Phi) is 2.09. The Bertz CT molecular complexity index is 393. The van der Waals surface area contributed by atoms with Gasteiger partial charge in [0.2, 0.25) is 5.69 Å². The maximum absolute atomic E-state index is 3.32. The summed E-state index contributed by atoms with van der Waals surface area (Å²) in [6, 6.07) is 16.5. The number of aromatic amines is 1. The zero-order valence-electron chi connectivity index (χ0n) is 7.62. The Labute approximate surface area is 78.1 Å². The Morgan fingerprint density at radius 3 is 2.31 bits per heavy atom. The van der Waals surface area contributed by atoms with Crippen LogP contribution in [0.3, 0.4) is 0 Å². The normalized spacial score (nSPS) is 9.92. The second-order valence-corrected chi connectivity index (χ2v) is 3.11. The van der Waals surface area contributed by atoms with Crippen LogP contribution in [-0.4, -0.2) is 0 Å². The van der Waals surface area contributed by atoms with E-state index in [0.717, 1.165) is 0 Å². The van der Waals surface area contributed by atoms with Gasteiger partial charge in [0.1, 0.15) is 0 Å². The molecule has 1 N–H and O–H groups in total. The smallest absolute Gasteiger partial charge is 0.209 e. The number of aromatic nitrogens is 1. The minimum Gasteiger partial charge on any atom is -0.209 e. The van der Waals surface area contributed by atoms with E-state index >= 15 is 0 Å². The topological polar surface area (TPSA) is 14.1 Å². The van der Waals surface area contributed by atoms with E-state index in [1.165, 1.54) is 17.0 Å². The quantitative estimate of drug-likeness (QED) is 0.624. The summed E-state index contributed by atoms with van der Waals surface area (Å²) in [5, 5.41) is 0. The third kappa shape index (κ3) is 1.75. The fourth-order valence-electron chi connectivity index (χ4n) is 1.37. The third-order valence-corrected chi connectivity index (χ3v) is 2.03. The van der Waals surface area contributed by atoms with Crippen LogP contribution in [0.1, 0.15) is 5.69 Å². The van der Waals surface area contributed by atoms with Crippen molar-refractivity contribution in [3.8, 4) is 11.3 Å². The number of benzene rings is 1. The Balaban J connectivity index is 2.48. The van der Waals surface area contributed by atoms with Crippen LogP contribution in [0.2, 0.25) is 0 Å². The van der Waals surface area contributed by atoms with Crippen LogP contribution >= 0.6 is 0 Å². The highest BCUT2D eigenvalue weighted by molar-refractivity contribution is 5.55. The van der Waals surface area contributed by atoms with E-state index in [1.807, 2.05) is 18.2 Å². The molecule has 0 aliphatic rings. The summed E-state index contributed by atoms with van der Waals surface area (Å²) in [6.07, 6.45) is 0. The predicted octanol–water partition coefficient (Wildman–Crippen LogP) is 2.48. The molecular weight excluding hydrogens is 158 g/mol. The van der Waals surface area contributed by atoms with Crippen molar-refractivity contribution in [2.75, 3.05) is 0 Å². The van der Waals surface area contributed by atoms with Gasteiger partial charge < -0.3 is 0 Å². The first-order valence-corrected chi connectivity index (χ1v) is 4.40. The fourth-order valence-corrected chi connectivity index (χ4v) is 1.37. The molecule has 0 fully saturated rings. The lowest BCUT2D eigenvalue weighted by Gasteiger charge is -1.94. The van der Waals surface area contributed by atoms with Gasteiger partial charge in [-0.1, -0.05) is 18.2 Å². The van der Waals surface area contributed by atoms with E-state index in [4.69, 9.17) is 0 Å². The molecule has 1 heteroatoms. The molecule has 2 rings (SSSR count). The van der Waals surface area contributed by atoms with Gasteiger partial charge in [0.25, 0.3) is 0 Å². The Hall–Kier alpha value is -1.63. The zero-order chi connectivity index (χ0) is 9.10. The molecule has 1 nitrogen and oxygen atoms in total. The van der Waals surface area contributed by atoms with Crippen LogP contribution < -0.4 is 4.98 Å². The summed E-state index contributed by atoms with van der Waals surface area (Å²) < 4.78 is 0. The monoisotopic (exact) mass is 170 g/mol. The molecule has 0 spiro atoms. The van der Waals surface area contributed by atoms with E-state index in [2.05, 4.69) is 42.2 Å². The second-order valence-electron chi connectivity index (χ2n) is 3.11. The lowest BCUT2D eigenvalue weighted by atomic mass is 10.1. The first kappa shape index (κ1) is 7.99. The SMILES string of the molecule is Cc1cccc(-c2ccccc2)[nH+]1. The van der Waals surface area contributed by atoms with Gasteiger partial charge in [-0.05, 0) is 18.2 Å². The lowest BCUT2D eigenvalue weighted by Crippen LogP contribution is -2.09. The van der Waals surface area contributed by atoms with Crippen LogP contribution in [-0.2, 0) is 0 Å². The number of nitrogens with one attached hydrogen (secondary N) is 1. The van der Waals surface area contributed by atoms with Crippen molar-refractivity contribution in [2.45, 2.75) is 6.92 Å². The van der Waals surface area contributed by atoms with Crippen LogP contribution in [0.25, 0.3) is 11.3 Å². The molecule has 0 amide bonds. The Morgan fingerprint density at radius 1 is 0.846 bits per heavy atom. The summed E-state index contributed by atoms with van der Waals surface area (Å²) in [5.74, 6) is 0. The van der Waals surface area contributed by atoms with E-state index in [0.29, 0.717) is 0 Å². The molecule has 13 heavy (non-hydrogen) atoms. The van der Waals surface area contributed by atoms with Gasteiger partial charge in [-0.2, -0.15) is 0 Å². The Morgan fingerprint density at radius 2 is 1.62 bits per heavy atom. The van der Waals surface area contributed by atoms with Crippen LogP contribution in [0.4, 0.5) is 0 Å². The van der Waals surface area contributed by atoms with Gasteiger partial charge in [0, 0.05) is 24.6 Å². The van der Waals surface area contributed by atoms with Crippen LogP contribution in [0, 0.1) is 6.92 Å². The van der Waals surface area contributed by atoms with Gasteiger partial charge in [0.15, 0.2) is 5.69 Å². The lowest BCUT2D eigenvalue weighted by molar-refractivity contribution is -0.374. The molecule has 0 unspecified atom stereocenters. The van der Waals surface area contributed by atoms with Crippen LogP contribution in [0.5, 0.6) is 0 Å². The number of aryl methyl sites for hydroxylation is 1. The molecule has 0 saturated carbocycles. The number of H-pyrrole nitrogens is 1. The first-order chi connectivity index (χ1) is 6.36. The molecule has 64 valence electrons. The summed E-state index contributed by atoms with van der Waals surface area (Å²) in [7, 11) is 0. The molecule has 1 aromatic carbocycles. The molecule has 0 aliphatic carbocycles. The number of pyridine rings is 1. The van der Waals surface area contributed by atoms with Crippen molar-refractivity contribution in [2.24, 2.45) is 0 Å². The maximum Gasteiger partial charge on any atom is 0.210 e. The largest absolute Gasteiger partial charge is 0.210 e. The summed E-state index contributed by atoms with van der Waals surface area (Å²) in [6.45, 7) is 2.06. The van der Waals surface area contributed by atoms with Crippen molar-refractivity contribution >= 4 is 0 Å². The van der Waals surface area contributed by atoms with Gasteiger partial charge in [-0.25, -0.2) is 4.98 Å². The fraction of sp³-hybridized carbons (Fsp3) is 0.0833. The third-order valence-electron chi connectivity index (χ3n) is 2.03. The molecule has 2 aromatic rings. The van der Waals surface area contributed by atoms with Gasteiger partial charge >= 0.3 is 0 Å². The molecule has 0 saturated heterocycles. The van der Waals surface area contributed by atoms with E-state index in [-0.39, 0.29) is 0 Å². The molecule has 1 aromatic heterocycles.